The summed E-state index contributed by atoms with van der Waals surface area (Å²) < 4.78 is 37.0. The summed E-state index contributed by atoms with van der Waals surface area (Å²) in [4.78, 5) is 10.2. The molecular weight excluding hydrogens is 241 g/mol. The molecule has 2 nitrogen and oxygen atoms in total. The largest absolute Gasteiger partial charge is 0.481 e. The van der Waals surface area contributed by atoms with E-state index < -0.39 is 17.7 Å². The quantitative estimate of drug-likeness (QED) is 0.892. The van der Waals surface area contributed by atoms with E-state index in [0.29, 0.717) is 5.56 Å². The van der Waals surface area contributed by atoms with Crippen LogP contribution in [0.25, 0.3) is 0 Å². The fourth-order valence-electron chi connectivity index (χ4n) is 1.09. The second-order valence-electron chi connectivity index (χ2n) is 3.08. The second kappa shape index (κ2) is 5.25. The van der Waals surface area contributed by atoms with E-state index in [1.54, 1.807) is 6.07 Å². The van der Waals surface area contributed by atoms with E-state index in [2.05, 4.69) is 0 Å². The first kappa shape index (κ1) is 12.9. The van der Waals surface area contributed by atoms with Crippen molar-refractivity contribution in [2.75, 3.05) is 5.75 Å². The van der Waals surface area contributed by atoms with Gasteiger partial charge in [0.25, 0.3) is 0 Å². The van der Waals surface area contributed by atoms with Crippen molar-refractivity contribution in [3.63, 3.8) is 0 Å². The third-order valence-corrected chi connectivity index (χ3v) is 2.74. The Morgan fingerprint density at radius 1 is 1.38 bits per heavy atom. The summed E-state index contributed by atoms with van der Waals surface area (Å²) in [6, 6.07) is 4.89. The Balaban J connectivity index is 2.64. The van der Waals surface area contributed by atoms with Crippen LogP contribution in [0.2, 0.25) is 0 Å². The van der Waals surface area contributed by atoms with Gasteiger partial charge in [0.05, 0.1) is 11.3 Å². The van der Waals surface area contributed by atoms with Crippen LogP contribution in [0.4, 0.5) is 13.2 Å². The zero-order valence-corrected chi connectivity index (χ0v) is 8.94. The molecule has 0 radical (unpaired) electrons. The molecule has 0 aliphatic rings. The maximum absolute atomic E-state index is 12.3. The van der Waals surface area contributed by atoms with Crippen molar-refractivity contribution in [1.82, 2.24) is 0 Å². The van der Waals surface area contributed by atoms with Gasteiger partial charge < -0.3 is 5.11 Å². The number of benzene rings is 1. The normalized spacial score (nSPS) is 11.4. The molecular formula is C10H9F3O2S. The van der Waals surface area contributed by atoms with Gasteiger partial charge in [0.1, 0.15) is 0 Å². The van der Waals surface area contributed by atoms with Crippen LogP contribution in [0.15, 0.2) is 24.3 Å². The van der Waals surface area contributed by atoms with Crippen molar-refractivity contribution in [3.8, 4) is 0 Å². The lowest BCUT2D eigenvalue weighted by Crippen LogP contribution is -2.05. The molecule has 88 valence electrons. The molecule has 0 saturated heterocycles. The lowest BCUT2D eigenvalue weighted by molar-refractivity contribution is -0.137. The van der Waals surface area contributed by atoms with E-state index in [1.807, 2.05) is 0 Å². The summed E-state index contributed by atoms with van der Waals surface area (Å²) >= 11 is 1.07. The number of halogens is 3. The molecule has 0 unspecified atom stereocenters. The van der Waals surface area contributed by atoms with Crippen LogP contribution in [0.1, 0.15) is 11.1 Å². The molecule has 0 spiro atoms. The van der Waals surface area contributed by atoms with Gasteiger partial charge in [-0.2, -0.15) is 13.2 Å². The molecule has 0 heterocycles. The third-order valence-electron chi connectivity index (χ3n) is 1.75. The van der Waals surface area contributed by atoms with Crippen molar-refractivity contribution < 1.29 is 23.1 Å². The highest BCUT2D eigenvalue weighted by atomic mass is 32.2. The molecule has 1 aromatic rings. The second-order valence-corrected chi connectivity index (χ2v) is 4.07. The number of carbonyl (C=O) groups is 1. The van der Waals surface area contributed by atoms with E-state index in [9.17, 15) is 18.0 Å². The van der Waals surface area contributed by atoms with Crippen LogP contribution in [0.3, 0.4) is 0 Å². The SMILES string of the molecule is O=C(O)CSCc1cccc(C(F)(F)F)c1. The third kappa shape index (κ3) is 4.14. The number of thioether (sulfide) groups is 1. The highest BCUT2D eigenvalue weighted by Crippen LogP contribution is 2.30. The average Bonchev–Trinajstić information content (AvgIpc) is 2.16. The zero-order chi connectivity index (χ0) is 12.2. The molecule has 0 saturated carbocycles. The molecule has 1 aromatic carbocycles. The van der Waals surface area contributed by atoms with E-state index in [-0.39, 0.29) is 11.5 Å². The minimum absolute atomic E-state index is 0.115. The van der Waals surface area contributed by atoms with Crippen molar-refractivity contribution in [1.29, 1.82) is 0 Å². The van der Waals surface area contributed by atoms with Gasteiger partial charge in [0, 0.05) is 5.75 Å². The van der Waals surface area contributed by atoms with Crippen LogP contribution in [0, 0.1) is 0 Å². The highest BCUT2D eigenvalue weighted by Gasteiger charge is 2.30. The summed E-state index contributed by atoms with van der Waals surface area (Å²) in [7, 11) is 0. The fraction of sp³-hybridized carbons (Fsp3) is 0.300. The lowest BCUT2D eigenvalue weighted by atomic mass is 10.1. The van der Waals surface area contributed by atoms with Gasteiger partial charge in [-0.3, -0.25) is 4.79 Å². The maximum atomic E-state index is 12.3. The lowest BCUT2D eigenvalue weighted by Gasteiger charge is -2.08. The predicted molar refractivity (Wildman–Crippen MR) is 55.2 cm³/mol. The molecule has 0 aliphatic heterocycles. The molecule has 1 rings (SSSR count). The molecule has 0 aromatic heterocycles. The zero-order valence-electron chi connectivity index (χ0n) is 8.12. The summed E-state index contributed by atoms with van der Waals surface area (Å²) in [6.45, 7) is 0. The highest BCUT2D eigenvalue weighted by molar-refractivity contribution is 7.99. The Bertz CT molecular complexity index is 377. The molecule has 6 heteroatoms. The number of aliphatic carboxylic acids is 1. The van der Waals surface area contributed by atoms with Gasteiger partial charge in [-0.05, 0) is 11.6 Å². The number of alkyl halides is 3. The van der Waals surface area contributed by atoms with Gasteiger partial charge >= 0.3 is 12.1 Å². The van der Waals surface area contributed by atoms with E-state index in [1.165, 1.54) is 6.07 Å². The van der Waals surface area contributed by atoms with Crippen molar-refractivity contribution >= 4 is 17.7 Å². The standard InChI is InChI=1S/C10H9F3O2S/c11-10(12,13)8-3-1-2-7(4-8)5-16-6-9(14)15/h1-4H,5-6H2,(H,14,15). The topological polar surface area (TPSA) is 37.3 Å². The summed E-state index contributed by atoms with van der Waals surface area (Å²) in [5, 5.41) is 8.37. The van der Waals surface area contributed by atoms with Crippen LogP contribution in [-0.4, -0.2) is 16.8 Å². The molecule has 0 fully saturated rings. The van der Waals surface area contributed by atoms with Crippen LogP contribution >= 0.6 is 11.8 Å². The van der Waals surface area contributed by atoms with E-state index in [4.69, 9.17) is 5.11 Å². The Morgan fingerprint density at radius 2 is 2.06 bits per heavy atom. The average molecular weight is 250 g/mol. The van der Waals surface area contributed by atoms with E-state index in [0.717, 1.165) is 23.9 Å². The van der Waals surface area contributed by atoms with Crippen LogP contribution < -0.4 is 0 Å². The van der Waals surface area contributed by atoms with Gasteiger partial charge in [-0.1, -0.05) is 18.2 Å². The van der Waals surface area contributed by atoms with Crippen molar-refractivity contribution in [3.05, 3.63) is 35.4 Å². The molecule has 0 atom stereocenters. The first-order valence-corrected chi connectivity index (χ1v) is 5.51. The number of hydrogen-bond acceptors (Lipinski definition) is 2. The predicted octanol–water partition coefficient (Wildman–Crippen LogP) is 3.02. The van der Waals surface area contributed by atoms with Gasteiger partial charge in [-0.25, -0.2) is 0 Å². The number of carboxylic acids is 1. The molecule has 16 heavy (non-hydrogen) atoms. The molecule has 0 amide bonds. The number of hydrogen-bond donors (Lipinski definition) is 1. The number of carboxylic acid groups (broad SMARTS) is 1. The van der Waals surface area contributed by atoms with Crippen LogP contribution in [-0.2, 0) is 16.7 Å². The first-order valence-electron chi connectivity index (χ1n) is 4.35. The molecule has 0 bridgehead atoms. The fourth-order valence-corrected chi connectivity index (χ4v) is 1.79. The smallest absolute Gasteiger partial charge is 0.416 e. The summed E-state index contributed by atoms with van der Waals surface area (Å²) in [5.41, 5.74) is -0.234. The van der Waals surface area contributed by atoms with Crippen molar-refractivity contribution in [2.24, 2.45) is 0 Å². The minimum atomic E-state index is -4.35. The minimum Gasteiger partial charge on any atom is -0.481 e. The monoisotopic (exact) mass is 250 g/mol. The number of rotatable bonds is 4. The van der Waals surface area contributed by atoms with Gasteiger partial charge in [0.2, 0.25) is 0 Å². The Labute approximate surface area is 94.5 Å². The summed E-state index contributed by atoms with van der Waals surface area (Å²) in [5.74, 6) is -0.830. The molecule has 1 N–H and O–H groups in total. The Hall–Kier alpha value is -1.17. The maximum Gasteiger partial charge on any atom is 0.416 e. The van der Waals surface area contributed by atoms with Crippen LogP contribution in [0.5, 0.6) is 0 Å². The first-order chi connectivity index (χ1) is 7.39. The summed E-state index contributed by atoms with van der Waals surface area (Å²) in [6.07, 6.45) is -4.35. The van der Waals surface area contributed by atoms with Gasteiger partial charge in [-0.15, -0.1) is 11.8 Å². The molecule has 0 aliphatic carbocycles. The van der Waals surface area contributed by atoms with Gasteiger partial charge in [0.15, 0.2) is 0 Å². The van der Waals surface area contributed by atoms with E-state index >= 15 is 0 Å². The Kier molecular flexibility index (Phi) is 4.23. The Morgan fingerprint density at radius 3 is 2.62 bits per heavy atom. The van der Waals surface area contributed by atoms with Crippen molar-refractivity contribution in [2.45, 2.75) is 11.9 Å².